The fourth-order valence-electron chi connectivity index (χ4n) is 1.83. The van der Waals surface area contributed by atoms with Crippen LogP contribution in [0.1, 0.15) is 22.2 Å². The zero-order valence-corrected chi connectivity index (χ0v) is 12.6. The largest absolute Gasteiger partial charge is 0.465 e. The number of methoxy groups -OCH3 is 1. The molecule has 21 heavy (non-hydrogen) atoms. The highest BCUT2D eigenvalue weighted by molar-refractivity contribution is 7.10. The van der Waals surface area contributed by atoms with E-state index in [0.29, 0.717) is 12.1 Å². The van der Waals surface area contributed by atoms with Gasteiger partial charge < -0.3 is 15.4 Å². The maximum Gasteiger partial charge on any atom is 0.337 e. The lowest BCUT2D eigenvalue weighted by molar-refractivity contribution is -0.114. The van der Waals surface area contributed by atoms with Gasteiger partial charge in [-0.1, -0.05) is 6.07 Å². The van der Waals surface area contributed by atoms with Gasteiger partial charge in [-0.2, -0.15) is 0 Å². The predicted molar refractivity (Wildman–Crippen MR) is 83.7 cm³/mol. The highest BCUT2D eigenvalue weighted by Gasteiger charge is 2.08. The maximum atomic E-state index is 11.5. The van der Waals surface area contributed by atoms with Crippen LogP contribution in [-0.4, -0.2) is 19.0 Å². The number of thiophene rings is 1. The molecule has 1 aromatic heterocycles. The topological polar surface area (TPSA) is 67.4 Å². The summed E-state index contributed by atoms with van der Waals surface area (Å²) in [5.74, 6) is -0.462. The third kappa shape index (κ3) is 4.06. The van der Waals surface area contributed by atoms with Crippen LogP contribution in [0.5, 0.6) is 0 Å². The number of hydrogen-bond acceptors (Lipinski definition) is 5. The molecule has 5 nitrogen and oxygen atoms in total. The van der Waals surface area contributed by atoms with E-state index < -0.39 is 0 Å². The number of anilines is 2. The molecule has 1 aromatic carbocycles. The Morgan fingerprint density at radius 2 is 2.10 bits per heavy atom. The molecule has 0 aliphatic rings. The fraction of sp³-hybridized carbons (Fsp3) is 0.200. The normalized spacial score (nSPS) is 10.0. The number of hydrogen-bond donors (Lipinski definition) is 2. The number of carbonyl (C=O) groups is 2. The smallest absolute Gasteiger partial charge is 0.337 e. The summed E-state index contributed by atoms with van der Waals surface area (Å²) in [6.07, 6.45) is 0. The molecule has 110 valence electrons. The van der Waals surface area contributed by atoms with Gasteiger partial charge in [0.2, 0.25) is 5.91 Å². The Bertz CT molecular complexity index is 652. The number of rotatable bonds is 5. The van der Waals surface area contributed by atoms with Gasteiger partial charge >= 0.3 is 5.97 Å². The maximum absolute atomic E-state index is 11.5. The number of esters is 1. The average Bonchev–Trinajstić information content (AvgIpc) is 2.91. The molecular weight excluding hydrogens is 288 g/mol. The summed E-state index contributed by atoms with van der Waals surface area (Å²) < 4.78 is 4.69. The molecule has 0 aliphatic heterocycles. The van der Waals surface area contributed by atoms with Crippen LogP contribution < -0.4 is 10.6 Å². The molecule has 0 atom stereocenters. The first-order valence-corrected chi connectivity index (χ1v) is 7.24. The van der Waals surface area contributed by atoms with Crippen molar-refractivity contribution in [1.29, 1.82) is 0 Å². The molecule has 1 amide bonds. The summed E-state index contributed by atoms with van der Waals surface area (Å²) in [6.45, 7) is 2.05. The van der Waals surface area contributed by atoms with Crippen molar-refractivity contribution in [2.45, 2.75) is 13.5 Å². The van der Waals surface area contributed by atoms with E-state index >= 15 is 0 Å². The van der Waals surface area contributed by atoms with Crippen molar-refractivity contribution in [2.24, 2.45) is 0 Å². The van der Waals surface area contributed by atoms with Gasteiger partial charge in [-0.05, 0) is 29.6 Å². The van der Waals surface area contributed by atoms with E-state index in [-0.39, 0.29) is 11.9 Å². The first-order valence-electron chi connectivity index (χ1n) is 6.36. The third-order valence-electron chi connectivity index (χ3n) is 2.79. The van der Waals surface area contributed by atoms with Crippen LogP contribution in [0.4, 0.5) is 11.4 Å². The minimum Gasteiger partial charge on any atom is -0.465 e. The van der Waals surface area contributed by atoms with Crippen LogP contribution in [0, 0.1) is 0 Å². The molecule has 0 unspecified atom stereocenters. The monoisotopic (exact) mass is 304 g/mol. The van der Waals surface area contributed by atoms with E-state index in [1.807, 2.05) is 17.5 Å². The molecular formula is C15H16N2O3S. The van der Waals surface area contributed by atoms with Gasteiger partial charge in [-0.15, -0.1) is 11.3 Å². The standard InChI is InChI=1S/C15H16N2O3S/c1-10(18)17-13-6-7-21-14(13)9-16-12-5-3-4-11(8-12)15(19)20-2/h3-8,16H,9H2,1-2H3,(H,17,18). The molecule has 0 saturated carbocycles. The number of carbonyl (C=O) groups excluding carboxylic acids is 2. The van der Waals surface area contributed by atoms with E-state index in [0.717, 1.165) is 16.3 Å². The average molecular weight is 304 g/mol. The van der Waals surface area contributed by atoms with Gasteiger partial charge in [-0.3, -0.25) is 4.79 Å². The molecule has 0 radical (unpaired) electrons. The van der Waals surface area contributed by atoms with E-state index in [4.69, 9.17) is 4.74 Å². The van der Waals surface area contributed by atoms with Crippen molar-refractivity contribution in [2.75, 3.05) is 17.7 Å². The highest BCUT2D eigenvalue weighted by Crippen LogP contribution is 2.23. The number of amides is 1. The quantitative estimate of drug-likeness (QED) is 0.833. The van der Waals surface area contributed by atoms with E-state index in [9.17, 15) is 9.59 Å². The molecule has 2 N–H and O–H groups in total. The van der Waals surface area contributed by atoms with Crippen molar-refractivity contribution in [3.05, 3.63) is 46.2 Å². The van der Waals surface area contributed by atoms with Crippen LogP contribution in [0.2, 0.25) is 0 Å². The van der Waals surface area contributed by atoms with Crippen molar-refractivity contribution in [3.8, 4) is 0 Å². The van der Waals surface area contributed by atoms with Crippen molar-refractivity contribution in [3.63, 3.8) is 0 Å². The summed E-state index contributed by atoms with van der Waals surface area (Å²) in [5, 5.41) is 7.94. The molecule has 2 rings (SSSR count). The molecule has 6 heteroatoms. The SMILES string of the molecule is COC(=O)c1cccc(NCc2sccc2NC(C)=O)c1. The molecule has 0 fully saturated rings. The summed E-state index contributed by atoms with van der Waals surface area (Å²) in [7, 11) is 1.35. The lowest BCUT2D eigenvalue weighted by Crippen LogP contribution is -2.08. The molecule has 0 saturated heterocycles. The van der Waals surface area contributed by atoms with E-state index in [1.165, 1.54) is 14.0 Å². The number of ether oxygens (including phenoxy) is 1. The second kappa shape index (κ2) is 6.90. The van der Waals surface area contributed by atoms with Crippen molar-refractivity contribution >= 4 is 34.6 Å². The zero-order chi connectivity index (χ0) is 15.2. The van der Waals surface area contributed by atoms with Gasteiger partial charge in [0.05, 0.1) is 24.9 Å². The predicted octanol–water partition coefficient (Wildman–Crippen LogP) is 3.11. The minimum absolute atomic E-state index is 0.0951. The number of benzene rings is 1. The molecule has 0 bridgehead atoms. The summed E-state index contributed by atoms with van der Waals surface area (Å²) in [4.78, 5) is 23.6. The van der Waals surface area contributed by atoms with Gasteiger partial charge in [0.25, 0.3) is 0 Å². The van der Waals surface area contributed by atoms with Gasteiger partial charge in [0.1, 0.15) is 0 Å². The van der Waals surface area contributed by atoms with Crippen LogP contribution in [0.15, 0.2) is 35.7 Å². The van der Waals surface area contributed by atoms with Gasteiger partial charge in [-0.25, -0.2) is 4.79 Å². The summed E-state index contributed by atoms with van der Waals surface area (Å²) in [5.41, 5.74) is 2.12. The lowest BCUT2D eigenvalue weighted by atomic mass is 10.2. The Kier molecular flexibility index (Phi) is 4.94. The third-order valence-corrected chi connectivity index (χ3v) is 3.71. The van der Waals surface area contributed by atoms with Crippen LogP contribution in [0.25, 0.3) is 0 Å². The number of nitrogens with one attached hydrogen (secondary N) is 2. The Morgan fingerprint density at radius 3 is 2.81 bits per heavy atom. The van der Waals surface area contributed by atoms with Crippen LogP contribution in [-0.2, 0) is 16.1 Å². The molecule has 0 spiro atoms. The summed E-state index contributed by atoms with van der Waals surface area (Å²) in [6, 6.07) is 8.96. The highest BCUT2D eigenvalue weighted by atomic mass is 32.1. The van der Waals surface area contributed by atoms with E-state index in [2.05, 4.69) is 10.6 Å². The van der Waals surface area contributed by atoms with Crippen LogP contribution in [0.3, 0.4) is 0 Å². The Morgan fingerprint density at radius 1 is 1.29 bits per heavy atom. The first kappa shape index (κ1) is 15.1. The van der Waals surface area contributed by atoms with E-state index in [1.54, 1.807) is 29.5 Å². The van der Waals surface area contributed by atoms with Crippen LogP contribution >= 0.6 is 11.3 Å². The molecule has 1 heterocycles. The van der Waals surface area contributed by atoms with Gasteiger partial charge in [0, 0.05) is 17.5 Å². The van der Waals surface area contributed by atoms with Crippen molar-refractivity contribution < 1.29 is 14.3 Å². The Labute approximate surface area is 126 Å². The zero-order valence-electron chi connectivity index (χ0n) is 11.8. The molecule has 0 aliphatic carbocycles. The second-order valence-electron chi connectivity index (χ2n) is 4.36. The second-order valence-corrected chi connectivity index (χ2v) is 5.37. The minimum atomic E-state index is -0.367. The first-order chi connectivity index (χ1) is 10.1. The fourth-order valence-corrected chi connectivity index (χ4v) is 2.60. The summed E-state index contributed by atoms with van der Waals surface area (Å²) >= 11 is 1.56. The van der Waals surface area contributed by atoms with Crippen molar-refractivity contribution in [1.82, 2.24) is 0 Å². The van der Waals surface area contributed by atoms with Gasteiger partial charge in [0.15, 0.2) is 0 Å². The Hall–Kier alpha value is -2.34. The molecule has 2 aromatic rings. The Balaban J connectivity index is 2.05. The lowest BCUT2D eigenvalue weighted by Gasteiger charge is -2.08.